The average Bonchev–Trinajstić information content (AvgIpc) is 3.00. The van der Waals surface area contributed by atoms with Crippen LogP contribution in [0.15, 0.2) is 52.4 Å². The Kier molecular flexibility index (Phi) is 6.10. The second-order valence-corrected chi connectivity index (χ2v) is 6.61. The van der Waals surface area contributed by atoms with Crippen molar-refractivity contribution < 1.29 is 9.57 Å². The predicted octanol–water partition coefficient (Wildman–Crippen LogP) is 2.99. The van der Waals surface area contributed by atoms with E-state index < -0.39 is 0 Å². The Balaban J connectivity index is 1.68. The topological polar surface area (TPSA) is 83.5 Å². The molecule has 0 unspecified atom stereocenters. The summed E-state index contributed by atoms with van der Waals surface area (Å²) in [5.41, 5.74) is 2.94. The van der Waals surface area contributed by atoms with Crippen LogP contribution in [0.1, 0.15) is 23.6 Å². The van der Waals surface area contributed by atoms with E-state index in [1.165, 1.54) is 9.36 Å². The average molecular weight is 402 g/mol. The van der Waals surface area contributed by atoms with E-state index in [-0.39, 0.29) is 12.3 Å². The van der Waals surface area contributed by atoms with Crippen LogP contribution in [0.25, 0.3) is 5.69 Å². The summed E-state index contributed by atoms with van der Waals surface area (Å²) in [7, 11) is 1.54. The molecule has 0 fully saturated rings. The summed E-state index contributed by atoms with van der Waals surface area (Å²) in [6.45, 7) is 4.12. The summed E-state index contributed by atoms with van der Waals surface area (Å²) in [5, 5.41) is 12.3. The van der Waals surface area contributed by atoms with Crippen molar-refractivity contribution in [3.63, 3.8) is 0 Å². The molecule has 0 aliphatic heterocycles. The maximum atomic E-state index is 12.2. The van der Waals surface area contributed by atoms with Crippen molar-refractivity contribution in [1.29, 1.82) is 0 Å². The fourth-order valence-electron chi connectivity index (χ4n) is 2.57. The molecule has 9 heteroatoms. The van der Waals surface area contributed by atoms with Crippen molar-refractivity contribution in [2.24, 2.45) is 12.2 Å². The van der Waals surface area contributed by atoms with E-state index in [2.05, 4.69) is 15.6 Å². The molecule has 0 atom stereocenters. The molecule has 8 nitrogen and oxygen atoms in total. The highest BCUT2D eigenvalue weighted by Gasteiger charge is 2.13. The van der Waals surface area contributed by atoms with Gasteiger partial charge in [-0.3, -0.25) is 0 Å². The van der Waals surface area contributed by atoms with Crippen LogP contribution in [0.4, 0.5) is 0 Å². The molecular formula is C19H20ClN5O3. The van der Waals surface area contributed by atoms with E-state index in [1.54, 1.807) is 26.1 Å². The fraction of sp³-hybridized carbons (Fsp3) is 0.263. The maximum Gasteiger partial charge on any atom is 0.368 e. The monoisotopic (exact) mass is 401 g/mol. The Bertz CT molecular complexity index is 1060. The van der Waals surface area contributed by atoms with Crippen molar-refractivity contribution >= 4 is 17.5 Å². The van der Waals surface area contributed by atoms with E-state index in [1.807, 2.05) is 37.3 Å². The van der Waals surface area contributed by atoms with Gasteiger partial charge in [-0.05, 0) is 46.7 Å². The van der Waals surface area contributed by atoms with E-state index in [0.29, 0.717) is 23.2 Å². The molecular weight excluding hydrogens is 382 g/mol. The summed E-state index contributed by atoms with van der Waals surface area (Å²) < 4.78 is 7.97. The Morgan fingerprint density at radius 2 is 1.96 bits per heavy atom. The fourth-order valence-corrected chi connectivity index (χ4v) is 2.78. The standard InChI is InChI=1S/C19H20ClN5O3/c1-13-6-4-9-18(25-19(26)24(3)22-23-25)17(13)12-28-21-14(2)27-11-15-7-5-8-16(20)10-15/h4-10H,11-12H2,1-3H3. The molecule has 1 aromatic heterocycles. The van der Waals surface area contributed by atoms with Crippen LogP contribution in [0, 0.1) is 6.92 Å². The molecule has 0 aliphatic rings. The second kappa shape index (κ2) is 8.71. The first kappa shape index (κ1) is 19.6. The van der Waals surface area contributed by atoms with Gasteiger partial charge >= 0.3 is 5.69 Å². The number of hydrogen-bond donors (Lipinski definition) is 0. The van der Waals surface area contributed by atoms with Crippen molar-refractivity contribution in [2.45, 2.75) is 27.1 Å². The smallest absolute Gasteiger partial charge is 0.368 e. The molecule has 0 spiro atoms. The van der Waals surface area contributed by atoms with Crippen LogP contribution in [0.3, 0.4) is 0 Å². The lowest BCUT2D eigenvalue weighted by Crippen LogP contribution is -2.23. The van der Waals surface area contributed by atoms with Crippen molar-refractivity contribution in [3.8, 4) is 5.69 Å². The molecule has 0 bridgehead atoms. The molecule has 0 saturated heterocycles. The highest BCUT2D eigenvalue weighted by molar-refractivity contribution is 6.30. The van der Waals surface area contributed by atoms with Gasteiger partial charge in [-0.15, -0.1) is 0 Å². The molecule has 28 heavy (non-hydrogen) atoms. The number of oxime groups is 1. The normalized spacial score (nSPS) is 11.5. The minimum Gasteiger partial charge on any atom is -0.474 e. The van der Waals surface area contributed by atoms with Gasteiger partial charge in [-0.25, -0.2) is 4.79 Å². The first-order valence-corrected chi connectivity index (χ1v) is 8.95. The molecule has 0 saturated carbocycles. The van der Waals surface area contributed by atoms with Crippen molar-refractivity contribution in [3.05, 3.63) is 74.7 Å². The number of ether oxygens (including phenoxy) is 1. The van der Waals surface area contributed by atoms with Crippen LogP contribution < -0.4 is 5.69 Å². The van der Waals surface area contributed by atoms with E-state index in [9.17, 15) is 4.79 Å². The third-order valence-electron chi connectivity index (χ3n) is 4.07. The Morgan fingerprint density at radius 1 is 1.18 bits per heavy atom. The first-order valence-electron chi connectivity index (χ1n) is 8.57. The molecule has 0 N–H and O–H groups in total. The van der Waals surface area contributed by atoms with Gasteiger partial charge in [-0.1, -0.05) is 41.0 Å². The van der Waals surface area contributed by atoms with Gasteiger partial charge in [-0.2, -0.15) is 9.36 Å². The number of aromatic nitrogens is 4. The zero-order valence-electron chi connectivity index (χ0n) is 15.8. The number of rotatable bonds is 6. The summed E-state index contributed by atoms with van der Waals surface area (Å²) in [6.07, 6.45) is 0. The number of benzene rings is 2. The molecule has 0 radical (unpaired) electrons. The highest BCUT2D eigenvalue weighted by Crippen LogP contribution is 2.18. The van der Waals surface area contributed by atoms with E-state index in [0.717, 1.165) is 16.7 Å². The number of nitrogens with zero attached hydrogens (tertiary/aromatic N) is 5. The lowest BCUT2D eigenvalue weighted by atomic mass is 10.1. The lowest BCUT2D eigenvalue weighted by Gasteiger charge is -2.11. The zero-order chi connectivity index (χ0) is 20.1. The molecule has 0 amide bonds. The molecule has 1 heterocycles. The molecule has 0 aliphatic carbocycles. The Hall–Kier alpha value is -3.13. The Labute approximate surface area is 166 Å². The number of hydrogen-bond acceptors (Lipinski definition) is 6. The number of aryl methyl sites for hydroxylation is 2. The maximum absolute atomic E-state index is 12.2. The third kappa shape index (κ3) is 4.58. The SMILES string of the molecule is CC(=NOCc1c(C)cccc1-n1nnn(C)c1=O)OCc1cccc(Cl)c1. The first-order chi connectivity index (χ1) is 13.5. The van der Waals surface area contributed by atoms with Crippen LogP contribution in [0.5, 0.6) is 0 Å². The van der Waals surface area contributed by atoms with Gasteiger partial charge in [0.15, 0.2) is 0 Å². The highest BCUT2D eigenvalue weighted by atomic mass is 35.5. The van der Waals surface area contributed by atoms with Crippen LogP contribution in [0.2, 0.25) is 5.02 Å². The van der Waals surface area contributed by atoms with Crippen molar-refractivity contribution in [1.82, 2.24) is 19.8 Å². The molecule has 3 aromatic rings. The summed E-state index contributed by atoms with van der Waals surface area (Å²) in [4.78, 5) is 17.6. The summed E-state index contributed by atoms with van der Waals surface area (Å²) in [5.74, 6) is 0.381. The van der Waals surface area contributed by atoms with Gasteiger partial charge < -0.3 is 9.57 Å². The van der Waals surface area contributed by atoms with Gasteiger partial charge in [0.2, 0.25) is 5.90 Å². The molecule has 2 aromatic carbocycles. The summed E-state index contributed by atoms with van der Waals surface area (Å²) >= 11 is 5.96. The zero-order valence-corrected chi connectivity index (χ0v) is 16.6. The number of tetrazole rings is 1. The minimum absolute atomic E-state index is 0.156. The van der Waals surface area contributed by atoms with Crippen LogP contribution >= 0.6 is 11.6 Å². The van der Waals surface area contributed by atoms with Crippen LogP contribution in [-0.4, -0.2) is 25.7 Å². The predicted molar refractivity (Wildman–Crippen MR) is 105 cm³/mol. The number of halogens is 1. The van der Waals surface area contributed by atoms with Crippen molar-refractivity contribution in [2.75, 3.05) is 0 Å². The second-order valence-electron chi connectivity index (χ2n) is 6.17. The quantitative estimate of drug-likeness (QED) is 0.360. The Morgan fingerprint density at radius 3 is 2.68 bits per heavy atom. The molecule has 3 rings (SSSR count). The molecule has 146 valence electrons. The largest absolute Gasteiger partial charge is 0.474 e. The van der Waals surface area contributed by atoms with Crippen LogP contribution in [-0.2, 0) is 29.8 Å². The van der Waals surface area contributed by atoms with Gasteiger partial charge in [0, 0.05) is 24.6 Å². The van der Waals surface area contributed by atoms with E-state index >= 15 is 0 Å². The summed E-state index contributed by atoms with van der Waals surface area (Å²) in [6, 6.07) is 13.0. The van der Waals surface area contributed by atoms with E-state index in [4.69, 9.17) is 21.2 Å². The van der Waals surface area contributed by atoms with Gasteiger partial charge in [0.25, 0.3) is 0 Å². The minimum atomic E-state index is -0.337. The van der Waals surface area contributed by atoms with Gasteiger partial charge in [0.1, 0.15) is 13.2 Å². The van der Waals surface area contributed by atoms with Gasteiger partial charge in [0.05, 0.1) is 5.69 Å². The third-order valence-corrected chi connectivity index (χ3v) is 4.31. The lowest BCUT2D eigenvalue weighted by molar-refractivity contribution is 0.117.